The normalized spacial score (nSPS) is 30.6. The molecule has 0 spiro atoms. The molecule has 2 fully saturated rings. The van der Waals surface area contributed by atoms with Crippen LogP contribution in [0, 0.1) is 5.92 Å². The van der Waals surface area contributed by atoms with Crippen molar-refractivity contribution in [2.24, 2.45) is 11.7 Å². The van der Waals surface area contributed by atoms with Crippen molar-refractivity contribution < 1.29 is 4.74 Å². The Morgan fingerprint density at radius 2 is 1.68 bits per heavy atom. The molecule has 1 atom stereocenters. The third-order valence-corrected chi connectivity index (χ3v) is 4.85. The second-order valence-corrected chi connectivity index (χ2v) is 8.18. The van der Waals surface area contributed by atoms with Crippen LogP contribution >= 0.6 is 0 Å². The van der Waals surface area contributed by atoms with Gasteiger partial charge in [0, 0.05) is 25.2 Å². The lowest BCUT2D eigenvalue weighted by atomic mass is 9.75. The van der Waals surface area contributed by atoms with Gasteiger partial charge in [0.25, 0.3) is 0 Å². The van der Waals surface area contributed by atoms with Crippen LogP contribution in [0.15, 0.2) is 0 Å². The van der Waals surface area contributed by atoms with Gasteiger partial charge in [0.2, 0.25) is 0 Å². The number of nitrogens with two attached hydrogens (primary N) is 1. The van der Waals surface area contributed by atoms with E-state index < -0.39 is 0 Å². The predicted octanol–water partition coefficient (Wildman–Crippen LogP) is 2.78. The zero-order valence-corrected chi connectivity index (χ0v) is 13.5. The van der Waals surface area contributed by atoms with Crippen LogP contribution in [0.1, 0.15) is 60.3 Å². The van der Waals surface area contributed by atoms with Gasteiger partial charge < -0.3 is 10.5 Å². The molecule has 1 saturated carbocycles. The summed E-state index contributed by atoms with van der Waals surface area (Å²) in [6.07, 6.45) is 5.44. The highest BCUT2D eigenvalue weighted by Gasteiger charge is 2.45. The largest absolute Gasteiger partial charge is 0.367 e. The molecule has 1 aliphatic carbocycles. The van der Waals surface area contributed by atoms with Gasteiger partial charge in [-0.05, 0) is 47.0 Å². The van der Waals surface area contributed by atoms with Crippen LogP contribution < -0.4 is 5.73 Å². The lowest BCUT2D eigenvalue weighted by molar-refractivity contribution is -0.199. The minimum Gasteiger partial charge on any atom is -0.367 e. The van der Waals surface area contributed by atoms with Crippen molar-refractivity contribution in [3.05, 3.63) is 0 Å². The first-order chi connectivity index (χ1) is 8.66. The third kappa shape index (κ3) is 3.50. The summed E-state index contributed by atoms with van der Waals surface area (Å²) in [5.41, 5.74) is 6.12. The molecule has 2 aliphatic rings. The van der Waals surface area contributed by atoms with E-state index in [2.05, 4.69) is 39.5 Å². The number of hydrogen-bond acceptors (Lipinski definition) is 3. The van der Waals surface area contributed by atoms with Crippen LogP contribution in [0.2, 0.25) is 0 Å². The molecule has 1 unspecified atom stereocenters. The Labute approximate surface area is 118 Å². The predicted molar refractivity (Wildman–Crippen MR) is 80.2 cm³/mol. The van der Waals surface area contributed by atoms with Crippen molar-refractivity contribution >= 4 is 0 Å². The van der Waals surface area contributed by atoms with Crippen LogP contribution in [-0.4, -0.2) is 41.3 Å². The van der Waals surface area contributed by atoms with Crippen molar-refractivity contribution in [3.8, 4) is 0 Å². The molecule has 19 heavy (non-hydrogen) atoms. The number of nitrogens with zero attached hydrogens (tertiary/aromatic N) is 1. The summed E-state index contributed by atoms with van der Waals surface area (Å²) >= 11 is 0. The Kier molecular flexibility index (Phi) is 4.03. The fraction of sp³-hybridized carbons (Fsp3) is 1.00. The summed E-state index contributed by atoms with van der Waals surface area (Å²) in [5.74, 6) is 0.891. The van der Waals surface area contributed by atoms with Crippen LogP contribution in [0.25, 0.3) is 0 Å². The van der Waals surface area contributed by atoms with Crippen LogP contribution in [0.3, 0.4) is 0 Å². The van der Waals surface area contributed by atoms with Gasteiger partial charge in [-0.15, -0.1) is 0 Å². The van der Waals surface area contributed by atoms with Crippen molar-refractivity contribution in [1.29, 1.82) is 0 Å². The van der Waals surface area contributed by atoms with E-state index in [0.29, 0.717) is 0 Å². The summed E-state index contributed by atoms with van der Waals surface area (Å²) in [7, 11) is 0. The van der Waals surface area contributed by atoms with Crippen LogP contribution in [0.4, 0.5) is 0 Å². The lowest BCUT2D eigenvalue weighted by Gasteiger charge is -2.54. The average Bonchev–Trinajstić information content (AvgIpc) is 2.18. The molecular formula is C16H32N2O. The number of rotatable bonds is 4. The molecule has 0 bridgehead atoms. The first-order valence-electron chi connectivity index (χ1n) is 7.81. The van der Waals surface area contributed by atoms with Gasteiger partial charge in [0.15, 0.2) is 0 Å². The Morgan fingerprint density at radius 1 is 1.16 bits per heavy atom. The van der Waals surface area contributed by atoms with Gasteiger partial charge in [0.05, 0.1) is 11.2 Å². The highest BCUT2D eigenvalue weighted by atomic mass is 16.5. The van der Waals surface area contributed by atoms with Crippen LogP contribution in [0.5, 0.6) is 0 Å². The molecule has 0 aromatic rings. The molecule has 1 saturated heterocycles. The molecule has 3 nitrogen and oxygen atoms in total. The van der Waals surface area contributed by atoms with E-state index in [1.165, 1.54) is 25.7 Å². The van der Waals surface area contributed by atoms with Gasteiger partial charge in [-0.3, -0.25) is 4.90 Å². The summed E-state index contributed by atoms with van der Waals surface area (Å²) in [6.45, 7) is 13.8. The minimum absolute atomic E-state index is 0.0855. The summed E-state index contributed by atoms with van der Waals surface area (Å²) in [5, 5.41) is 0. The fourth-order valence-electron chi connectivity index (χ4n) is 3.83. The van der Waals surface area contributed by atoms with E-state index in [0.717, 1.165) is 25.6 Å². The smallest absolute Gasteiger partial charge is 0.0761 e. The second-order valence-electron chi connectivity index (χ2n) is 8.18. The maximum atomic E-state index is 6.19. The Hall–Kier alpha value is -0.120. The van der Waals surface area contributed by atoms with E-state index in [4.69, 9.17) is 10.5 Å². The molecule has 1 heterocycles. The Balaban J connectivity index is 2.11. The quantitative estimate of drug-likeness (QED) is 0.852. The van der Waals surface area contributed by atoms with E-state index >= 15 is 0 Å². The average molecular weight is 268 g/mol. The molecule has 112 valence electrons. The van der Waals surface area contributed by atoms with Gasteiger partial charge >= 0.3 is 0 Å². The molecule has 0 aromatic heterocycles. The van der Waals surface area contributed by atoms with Crippen molar-refractivity contribution in [3.63, 3.8) is 0 Å². The Morgan fingerprint density at radius 3 is 2.05 bits per heavy atom. The van der Waals surface area contributed by atoms with E-state index in [9.17, 15) is 0 Å². The minimum atomic E-state index is -0.0855. The molecule has 2 N–H and O–H groups in total. The van der Waals surface area contributed by atoms with Gasteiger partial charge in [0.1, 0.15) is 0 Å². The summed E-state index contributed by atoms with van der Waals surface area (Å²) < 4.78 is 6.19. The highest BCUT2D eigenvalue weighted by molar-refractivity contribution is 4.99. The third-order valence-electron chi connectivity index (χ3n) is 4.85. The van der Waals surface area contributed by atoms with Crippen molar-refractivity contribution in [2.75, 3.05) is 19.6 Å². The lowest BCUT2D eigenvalue weighted by Crippen LogP contribution is -2.65. The first-order valence-corrected chi connectivity index (χ1v) is 7.81. The van der Waals surface area contributed by atoms with E-state index in [1.54, 1.807) is 0 Å². The molecule has 2 rings (SSSR count). The first kappa shape index (κ1) is 15.3. The molecule has 1 aliphatic heterocycles. The van der Waals surface area contributed by atoms with E-state index in [1.807, 2.05) is 0 Å². The zero-order valence-electron chi connectivity index (χ0n) is 13.5. The topological polar surface area (TPSA) is 38.5 Å². The Bertz CT molecular complexity index is 307. The summed E-state index contributed by atoms with van der Waals surface area (Å²) in [4.78, 5) is 2.59. The summed E-state index contributed by atoms with van der Waals surface area (Å²) in [6, 6.07) is 0. The van der Waals surface area contributed by atoms with Crippen molar-refractivity contribution in [1.82, 2.24) is 4.90 Å². The number of morpholine rings is 1. The number of hydrogen-bond donors (Lipinski definition) is 1. The van der Waals surface area contributed by atoms with E-state index in [-0.39, 0.29) is 16.7 Å². The molecule has 0 amide bonds. The molecule has 3 heteroatoms. The monoisotopic (exact) mass is 268 g/mol. The maximum Gasteiger partial charge on any atom is 0.0761 e. The second kappa shape index (κ2) is 5.01. The zero-order chi connectivity index (χ0) is 14.3. The molecule has 0 radical (unpaired) electrons. The van der Waals surface area contributed by atoms with Gasteiger partial charge in [-0.25, -0.2) is 0 Å². The number of ether oxygens (including phenoxy) is 1. The van der Waals surface area contributed by atoms with Crippen molar-refractivity contribution in [2.45, 2.75) is 77.0 Å². The molecular weight excluding hydrogens is 236 g/mol. The standard InChI is InChI=1S/C16H32N2O/c1-14(2)11-18(12-15(3,4)19-14)16(5,10-17)9-13-7-6-8-13/h13H,6-12,17H2,1-5H3. The highest BCUT2D eigenvalue weighted by Crippen LogP contribution is 2.39. The fourth-order valence-corrected chi connectivity index (χ4v) is 3.83. The SMILES string of the molecule is CC1(C)CN(C(C)(CN)CC2CCC2)CC(C)(C)O1. The maximum absolute atomic E-state index is 6.19. The molecule has 0 aromatic carbocycles. The van der Waals surface area contributed by atoms with Crippen LogP contribution in [-0.2, 0) is 4.74 Å². The van der Waals surface area contributed by atoms with Gasteiger partial charge in [-0.2, -0.15) is 0 Å². The van der Waals surface area contributed by atoms with Gasteiger partial charge in [-0.1, -0.05) is 19.3 Å².